The number of rotatable bonds is 3. The number of carbonyl (C=O) groups excluding carboxylic acids is 1. The van der Waals surface area contributed by atoms with Gasteiger partial charge in [-0.3, -0.25) is 14.9 Å². The highest BCUT2D eigenvalue weighted by Crippen LogP contribution is 2.35. The summed E-state index contributed by atoms with van der Waals surface area (Å²) in [5.41, 5.74) is 0.522. The number of halogens is 3. The molecule has 2 aromatic rings. The highest BCUT2D eigenvalue weighted by molar-refractivity contribution is 8.18. The van der Waals surface area contributed by atoms with Crippen LogP contribution < -0.4 is 5.32 Å². The molecule has 10 heteroatoms. The topological polar surface area (TPSA) is 84.6 Å². The maximum Gasteiger partial charge on any atom is 0.288 e. The van der Waals surface area contributed by atoms with Gasteiger partial charge in [-0.05, 0) is 36.0 Å². The Morgan fingerprint density at radius 2 is 1.85 bits per heavy atom. The number of hydrogen-bond donors (Lipinski definition) is 1. The second kappa shape index (κ2) is 7.67. The van der Waals surface area contributed by atoms with Gasteiger partial charge in [0.15, 0.2) is 5.17 Å². The third-order valence-corrected chi connectivity index (χ3v) is 5.13. The summed E-state index contributed by atoms with van der Waals surface area (Å²) in [6.07, 6.45) is 1.45. The van der Waals surface area contributed by atoms with Crippen LogP contribution in [-0.2, 0) is 4.79 Å². The minimum Gasteiger partial charge on any atom is -0.300 e. The normalized spacial score (nSPS) is 17.0. The first-order chi connectivity index (χ1) is 12.3. The van der Waals surface area contributed by atoms with E-state index in [9.17, 15) is 14.9 Å². The lowest BCUT2D eigenvalue weighted by molar-refractivity contribution is -0.384. The number of hydrogen-bond acceptors (Lipinski definition) is 5. The number of amidine groups is 1. The molecule has 0 aliphatic carbocycles. The molecule has 3 rings (SSSR count). The van der Waals surface area contributed by atoms with Crippen molar-refractivity contribution >= 4 is 75.1 Å². The number of amides is 1. The number of nitrogens with zero attached hydrogens (tertiary/aromatic N) is 2. The molecule has 1 amide bonds. The van der Waals surface area contributed by atoms with Gasteiger partial charge in [-0.2, -0.15) is 0 Å². The van der Waals surface area contributed by atoms with E-state index in [2.05, 4.69) is 10.3 Å². The van der Waals surface area contributed by atoms with E-state index >= 15 is 0 Å². The number of nitrogens with one attached hydrogen (secondary N) is 1. The smallest absolute Gasteiger partial charge is 0.288 e. The summed E-state index contributed by atoms with van der Waals surface area (Å²) >= 11 is 19.0. The molecule has 0 aromatic heterocycles. The van der Waals surface area contributed by atoms with Crippen molar-refractivity contribution in [1.82, 2.24) is 5.32 Å². The molecule has 2 aromatic carbocycles. The Hall–Kier alpha value is -2.06. The minimum absolute atomic E-state index is 0.0772. The van der Waals surface area contributed by atoms with Crippen molar-refractivity contribution in [3.63, 3.8) is 0 Å². The van der Waals surface area contributed by atoms with Gasteiger partial charge in [0.1, 0.15) is 5.02 Å². The van der Waals surface area contributed by atoms with E-state index in [1.807, 2.05) is 0 Å². The first kappa shape index (κ1) is 18.7. The zero-order valence-corrected chi connectivity index (χ0v) is 15.8. The predicted molar refractivity (Wildman–Crippen MR) is 105 cm³/mol. The fourth-order valence-corrected chi connectivity index (χ4v) is 3.59. The van der Waals surface area contributed by atoms with E-state index in [0.29, 0.717) is 21.4 Å². The van der Waals surface area contributed by atoms with Crippen molar-refractivity contribution in [1.29, 1.82) is 0 Å². The van der Waals surface area contributed by atoms with Crippen LogP contribution in [0.3, 0.4) is 0 Å². The molecule has 1 heterocycles. The molecule has 0 unspecified atom stereocenters. The average molecular weight is 429 g/mol. The van der Waals surface area contributed by atoms with Gasteiger partial charge >= 0.3 is 0 Å². The molecule has 1 N–H and O–H groups in total. The van der Waals surface area contributed by atoms with Crippen LogP contribution in [0.5, 0.6) is 0 Å². The van der Waals surface area contributed by atoms with Crippen LogP contribution in [0, 0.1) is 10.1 Å². The van der Waals surface area contributed by atoms with Gasteiger partial charge in [-0.1, -0.05) is 46.9 Å². The Labute approximate surface area is 167 Å². The van der Waals surface area contributed by atoms with Gasteiger partial charge in [0.2, 0.25) is 0 Å². The molecular formula is C16H8Cl3N3O3S. The molecule has 0 spiro atoms. The summed E-state index contributed by atoms with van der Waals surface area (Å²) in [7, 11) is 0. The summed E-state index contributed by atoms with van der Waals surface area (Å²) in [5, 5.41) is 14.5. The van der Waals surface area contributed by atoms with Crippen molar-refractivity contribution in [2.24, 2.45) is 4.99 Å². The molecule has 1 aliphatic heterocycles. The summed E-state index contributed by atoms with van der Waals surface area (Å²) in [5.74, 6) is -0.394. The molecule has 1 aliphatic rings. The highest BCUT2D eigenvalue weighted by atomic mass is 35.5. The second-order valence-electron chi connectivity index (χ2n) is 5.02. The second-order valence-corrected chi connectivity index (χ2v) is 7.27. The van der Waals surface area contributed by atoms with Crippen LogP contribution >= 0.6 is 46.6 Å². The summed E-state index contributed by atoms with van der Waals surface area (Å²) < 4.78 is 0. The summed E-state index contributed by atoms with van der Waals surface area (Å²) in [6, 6.07) is 9.43. The van der Waals surface area contributed by atoms with Crippen molar-refractivity contribution in [3.8, 4) is 0 Å². The Balaban J connectivity index is 1.94. The first-order valence-corrected chi connectivity index (χ1v) is 8.98. The van der Waals surface area contributed by atoms with Crippen LogP contribution in [-0.4, -0.2) is 16.0 Å². The lowest BCUT2D eigenvalue weighted by Gasteiger charge is -2.01. The zero-order chi connectivity index (χ0) is 18.8. The number of aliphatic imine (C=N–C) groups is 1. The molecule has 132 valence electrons. The molecule has 26 heavy (non-hydrogen) atoms. The average Bonchev–Trinajstić information content (AvgIpc) is 2.91. The molecular weight excluding hydrogens is 421 g/mol. The largest absolute Gasteiger partial charge is 0.300 e. The van der Waals surface area contributed by atoms with Gasteiger partial charge in [-0.25, -0.2) is 4.99 Å². The van der Waals surface area contributed by atoms with Crippen LogP contribution in [0.2, 0.25) is 15.1 Å². The van der Waals surface area contributed by atoms with Crippen molar-refractivity contribution in [2.75, 3.05) is 0 Å². The van der Waals surface area contributed by atoms with E-state index in [-0.39, 0.29) is 20.6 Å². The van der Waals surface area contributed by atoms with Gasteiger partial charge < -0.3 is 5.32 Å². The standard InChI is InChI=1S/C16H8Cl3N3O3S/c17-9-3-1-2-4-12(9)20-16-21-15(23)14(26-16)6-8-5-13(22(24)25)11(19)7-10(8)18/h1-7H,(H,20,21,23)/b14-6+. The van der Waals surface area contributed by atoms with Crippen LogP contribution in [0.1, 0.15) is 5.56 Å². The number of thioether (sulfide) groups is 1. The Bertz CT molecular complexity index is 992. The van der Waals surface area contributed by atoms with E-state index in [1.54, 1.807) is 24.3 Å². The monoisotopic (exact) mass is 427 g/mol. The van der Waals surface area contributed by atoms with E-state index < -0.39 is 10.8 Å². The lowest BCUT2D eigenvalue weighted by atomic mass is 10.2. The molecule has 0 radical (unpaired) electrons. The molecule has 6 nitrogen and oxygen atoms in total. The Morgan fingerprint density at radius 3 is 2.54 bits per heavy atom. The van der Waals surface area contributed by atoms with Gasteiger partial charge in [0.25, 0.3) is 11.6 Å². The third kappa shape index (κ3) is 4.02. The quantitative estimate of drug-likeness (QED) is 0.400. The summed E-state index contributed by atoms with van der Waals surface area (Å²) in [4.78, 5) is 27.1. The van der Waals surface area contributed by atoms with Crippen LogP contribution in [0.25, 0.3) is 6.08 Å². The van der Waals surface area contributed by atoms with Crippen molar-refractivity contribution in [2.45, 2.75) is 0 Å². The number of nitro benzene ring substituents is 1. The number of carbonyl (C=O) groups is 1. The third-order valence-electron chi connectivity index (χ3n) is 3.27. The molecule has 1 fully saturated rings. The van der Waals surface area contributed by atoms with Crippen molar-refractivity contribution < 1.29 is 9.72 Å². The Kier molecular flexibility index (Phi) is 5.52. The van der Waals surface area contributed by atoms with E-state index in [4.69, 9.17) is 34.8 Å². The van der Waals surface area contributed by atoms with Crippen LogP contribution in [0.4, 0.5) is 11.4 Å². The lowest BCUT2D eigenvalue weighted by Crippen LogP contribution is -2.19. The molecule has 0 bridgehead atoms. The summed E-state index contributed by atoms with van der Waals surface area (Å²) in [6.45, 7) is 0. The van der Waals surface area contributed by atoms with E-state index in [0.717, 1.165) is 11.8 Å². The van der Waals surface area contributed by atoms with E-state index in [1.165, 1.54) is 18.2 Å². The maximum absolute atomic E-state index is 12.1. The SMILES string of the molecule is O=C1NC(=Nc2ccccc2Cl)S/C1=C/c1cc([N+](=O)[O-])c(Cl)cc1Cl. The molecule has 0 atom stereocenters. The highest BCUT2D eigenvalue weighted by Gasteiger charge is 2.25. The fourth-order valence-electron chi connectivity index (χ4n) is 2.08. The van der Waals surface area contributed by atoms with Gasteiger partial charge in [-0.15, -0.1) is 0 Å². The number of benzene rings is 2. The molecule has 1 saturated heterocycles. The van der Waals surface area contributed by atoms with Crippen LogP contribution in [0.15, 0.2) is 46.3 Å². The maximum atomic E-state index is 12.1. The van der Waals surface area contributed by atoms with Crippen molar-refractivity contribution in [3.05, 3.63) is 72.0 Å². The Morgan fingerprint density at radius 1 is 1.12 bits per heavy atom. The number of nitro groups is 1. The fraction of sp³-hybridized carbons (Fsp3) is 0. The first-order valence-electron chi connectivity index (χ1n) is 7.02. The zero-order valence-electron chi connectivity index (χ0n) is 12.7. The predicted octanol–water partition coefficient (Wildman–Crippen LogP) is 5.45. The number of para-hydroxylation sites is 1. The van der Waals surface area contributed by atoms with Gasteiger partial charge in [0, 0.05) is 16.7 Å². The van der Waals surface area contributed by atoms with Gasteiger partial charge in [0.05, 0.1) is 20.5 Å². The molecule has 0 saturated carbocycles. The minimum atomic E-state index is -0.618.